The average Bonchev–Trinajstić information content (AvgIpc) is 2.98. The lowest BCUT2D eigenvalue weighted by molar-refractivity contribution is -0.167. The number of nitrogens with one attached hydrogen (secondary N) is 2. The van der Waals surface area contributed by atoms with Crippen molar-refractivity contribution in [3.05, 3.63) is 52.4 Å². The molecule has 0 spiro atoms. The van der Waals surface area contributed by atoms with Crippen molar-refractivity contribution in [1.29, 1.82) is 0 Å². The number of rotatable bonds is 4. The van der Waals surface area contributed by atoms with E-state index >= 15 is 0 Å². The molecule has 1 aromatic heterocycles. The summed E-state index contributed by atoms with van der Waals surface area (Å²) in [6, 6.07) is 8.61. The number of carbonyl (C=O) groups excluding carboxylic acids is 2. The number of nitrogens with zero attached hydrogens (tertiary/aromatic N) is 1. The molecule has 2 rings (SSSR count). The summed E-state index contributed by atoms with van der Waals surface area (Å²) in [6.07, 6.45) is -4.98. The SMILES string of the molecule is C/C(=N\NC(=O)c1ccc(Br)o1)c1cccc(NC(=O)C(F)(F)F)c1. The highest BCUT2D eigenvalue weighted by Crippen LogP contribution is 2.19. The topological polar surface area (TPSA) is 83.7 Å². The number of hydrogen-bond acceptors (Lipinski definition) is 4. The van der Waals surface area contributed by atoms with Gasteiger partial charge in [-0.05, 0) is 52.7 Å². The van der Waals surface area contributed by atoms with E-state index in [1.807, 2.05) is 0 Å². The van der Waals surface area contributed by atoms with Crippen LogP contribution in [0, 0.1) is 0 Å². The molecule has 10 heteroatoms. The first-order chi connectivity index (χ1) is 11.7. The predicted molar refractivity (Wildman–Crippen MR) is 87.2 cm³/mol. The highest BCUT2D eigenvalue weighted by Gasteiger charge is 2.38. The van der Waals surface area contributed by atoms with Crippen LogP contribution in [0.15, 0.2) is 50.6 Å². The van der Waals surface area contributed by atoms with Gasteiger partial charge in [0.1, 0.15) is 0 Å². The van der Waals surface area contributed by atoms with Crippen LogP contribution in [0.3, 0.4) is 0 Å². The lowest BCUT2D eigenvalue weighted by atomic mass is 10.1. The van der Waals surface area contributed by atoms with Gasteiger partial charge in [0, 0.05) is 5.69 Å². The first-order valence-electron chi connectivity index (χ1n) is 6.75. The third-order valence-electron chi connectivity index (χ3n) is 2.92. The average molecular weight is 418 g/mol. The number of anilines is 1. The predicted octanol–water partition coefficient (Wildman–Crippen LogP) is 3.70. The Morgan fingerprint density at radius 1 is 1.20 bits per heavy atom. The van der Waals surface area contributed by atoms with E-state index in [0.29, 0.717) is 15.9 Å². The van der Waals surface area contributed by atoms with Crippen molar-refractivity contribution in [3.8, 4) is 0 Å². The Kier molecular flexibility index (Phi) is 5.62. The van der Waals surface area contributed by atoms with Crippen LogP contribution in [0.1, 0.15) is 23.0 Å². The quantitative estimate of drug-likeness (QED) is 0.587. The van der Waals surface area contributed by atoms with Crippen molar-refractivity contribution in [3.63, 3.8) is 0 Å². The van der Waals surface area contributed by atoms with Crippen molar-refractivity contribution in [1.82, 2.24) is 5.43 Å². The van der Waals surface area contributed by atoms with Gasteiger partial charge in [-0.1, -0.05) is 12.1 Å². The molecule has 0 fully saturated rings. The lowest BCUT2D eigenvalue weighted by Gasteiger charge is -2.09. The number of amides is 2. The van der Waals surface area contributed by atoms with E-state index < -0.39 is 18.0 Å². The molecular formula is C15H11BrF3N3O3. The van der Waals surface area contributed by atoms with Crippen molar-refractivity contribution < 1.29 is 27.2 Å². The summed E-state index contributed by atoms with van der Waals surface area (Å²) in [7, 11) is 0. The molecule has 0 saturated heterocycles. The smallest absolute Gasteiger partial charge is 0.444 e. The van der Waals surface area contributed by atoms with E-state index in [1.54, 1.807) is 18.3 Å². The van der Waals surface area contributed by atoms with Crippen molar-refractivity contribution in [2.45, 2.75) is 13.1 Å². The van der Waals surface area contributed by atoms with Crippen LogP contribution in [0.2, 0.25) is 0 Å². The second kappa shape index (κ2) is 7.51. The van der Waals surface area contributed by atoms with Gasteiger partial charge in [-0.25, -0.2) is 5.43 Å². The van der Waals surface area contributed by atoms with Crippen LogP contribution >= 0.6 is 15.9 Å². The molecule has 25 heavy (non-hydrogen) atoms. The largest absolute Gasteiger partial charge is 0.471 e. The van der Waals surface area contributed by atoms with Crippen LogP contribution in [0.25, 0.3) is 0 Å². The number of halogens is 4. The molecule has 0 aliphatic heterocycles. The Bertz CT molecular complexity index is 831. The Hall–Kier alpha value is -2.62. The summed E-state index contributed by atoms with van der Waals surface area (Å²) in [5.41, 5.74) is 2.96. The maximum atomic E-state index is 12.3. The van der Waals surface area contributed by atoms with E-state index in [9.17, 15) is 22.8 Å². The van der Waals surface area contributed by atoms with E-state index in [1.165, 1.54) is 30.3 Å². The van der Waals surface area contributed by atoms with Gasteiger partial charge in [0.25, 0.3) is 0 Å². The fourth-order valence-electron chi connectivity index (χ4n) is 1.71. The maximum absolute atomic E-state index is 12.3. The zero-order valence-electron chi connectivity index (χ0n) is 12.6. The lowest BCUT2D eigenvalue weighted by Crippen LogP contribution is -2.29. The van der Waals surface area contributed by atoms with Crippen LogP contribution in [0.4, 0.5) is 18.9 Å². The first kappa shape index (κ1) is 18.7. The highest BCUT2D eigenvalue weighted by molar-refractivity contribution is 9.10. The molecule has 1 aromatic carbocycles. The van der Waals surface area contributed by atoms with Gasteiger partial charge in [-0.2, -0.15) is 18.3 Å². The third-order valence-corrected chi connectivity index (χ3v) is 3.34. The zero-order valence-corrected chi connectivity index (χ0v) is 14.2. The van der Waals surface area contributed by atoms with Crippen LogP contribution in [-0.2, 0) is 4.79 Å². The standard InChI is InChI=1S/C15H11BrF3N3O3/c1-8(21-22-13(23)11-5-6-12(16)25-11)9-3-2-4-10(7-9)20-14(24)15(17,18)19/h2-7H,1H3,(H,20,24)(H,22,23)/b21-8+. The van der Waals surface area contributed by atoms with Gasteiger partial charge < -0.3 is 9.73 Å². The monoisotopic (exact) mass is 417 g/mol. The molecule has 6 nitrogen and oxygen atoms in total. The Labute approximate surface area is 148 Å². The van der Waals surface area contributed by atoms with Crippen LogP contribution in [-0.4, -0.2) is 23.7 Å². The number of carbonyl (C=O) groups is 2. The minimum Gasteiger partial charge on any atom is -0.444 e. The fraction of sp³-hybridized carbons (Fsp3) is 0.133. The minimum absolute atomic E-state index is 0.0367. The van der Waals surface area contributed by atoms with Gasteiger partial charge >= 0.3 is 18.0 Å². The summed E-state index contributed by atoms with van der Waals surface area (Å²) in [6.45, 7) is 1.54. The maximum Gasteiger partial charge on any atom is 0.471 e. The molecule has 0 unspecified atom stereocenters. The van der Waals surface area contributed by atoms with Gasteiger partial charge in [0.2, 0.25) is 0 Å². The van der Waals surface area contributed by atoms with E-state index in [4.69, 9.17) is 4.42 Å². The normalized spacial score (nSPS) is 12.0. The summed E-state index contributed by atoms with van der Waals surface area (Å²) in [4.78, 5) is 22.8. The summed E-state index contributed by atoms with van der Waals surface area (Å²) < 4.78 is 42.3. The van der Waals surface area contributed by atoms with Crippen LogP contribution in [0.5, 0.6) is 0 Å². The summed E-state index contributed by atoms with van der Waals surface area (Å²) >= 11 is 3.06. The Morgan fingerprint density at radius 2 is 1.92 bits per heavy atom. The summed E-state index contributed by atoms with van der Waals surface area (Å²) in [5, 5.41) is 5.60. The minimum atomic E-state index is -4.98. The van der Waals surface area contributed by atoms with Gasteiger partial charge in [0.05, 0.1) is 5.71 Å². The van der Waals surface area contributed by atoms with E-state index in [0.717, 1.165) is 0 Å². The molecule has 132 valence electrons. The molecule has 0 atom stereocenters. The van der Waals surface area contributed by atoms with Gasteiger partial charge in [-0.15, -0.1) is 0 Å². The fourth-order valence-corrected chi connectivity index (χ4v) is 2.02. The highest BCUT2D eigenvalue weighted by atomic mass is 79.9. The number of hydrazone groups is 1. The second-order valence-electron chi connectivity index (χ2n) is 4.77. The molecule has 2 amide bonds. The van der Waals surface area contributed by atoms with Gasteiger partial charge in [-0.3, -0.25) is 9.59 Å². The second-order valence-corrected chi connectivity index (χ2v) is 5.56. The zero-order chi connectivity index (χ0) is 18.6. The number of benzene rings is 1. The molecule has 0 aliphatic rings. The Morgan fingerprint density at radius 3 is 2.52 bits per heavy atom. The first-order valence-corrected chi connectivity index (χ1v) is 7.54. The molecule has 0 bridgehead atoms. The molecule has 0 radical (unpaired) electrons. The van der Waals surface area contributed by atoms with Crippen molar-refractivity contribution in [2.24, 2.45) is 5.10 Å². The number of alkyl halides is 3. The molecule has 0 aliphatic carbocycles. The molecule has 2 N–H and O–H groups in total. The van der Waals surface area contributed by atoms with E-state index in [2.05, 4.69) is 26.5 Å². The van der Waals surface area contributed by atoms with Gasteiger partial charge in [0.15, 0.2) is 10.4 Å². The number of furan rings is 1. The van der Waals surface area contributed by atoms with Crippen molar-refractivity contribution >= 4 is 39.1 Å². The summed E-state index contributed by atoms with van der Waals surface area (Å²) in [5.74, 6) is -2.63. The van der Waals surface area contributed by atoms with Crippen molar-refractivity contribution in [2.75, 3.05) is 5.32 Å². The molecular weight excluding hydrogens is 407 g/mol. The van der Waals surface area contributed by atoms with Crippen LogP contribution < -0.4 is 10.7 Å². The number of hydrogen-bond donors (Lipinski definition) is 2. The molecule has 1 heterocycles. The molecule has 2 aromatic rings. The molecule has 0 saturated carbocycles. The third kappa shape index (κ3) is 5.18. The van der Waals surface area contributed by atoms with E-state index in [-0.39, 0.29) is 11.4 Å². The Balaban J connectivity index is 2.08.